The number of para-hydroxylation sites is 1. The minimum Gasteiger partial charge on any atom is -0.361 e. The topological polar surface area (TPSA) is 392 Å². The Balaban J connectivity index is 0.000000105. The highest BCUT2D eigenvalue weighted by Crippen LogP contribution is 2.56. The number of hydrogen-bond donors (Lipinski definition) is 7. The monoisotopic (exact) mass is 1920 g/mol. The molecular formula is C110H103F2N21O8S. The summed E-state index contributed by atoms with van der Waals surface area (Å²) < 4.78 is 83.9. The first kappa shape index (κ1) is 92.1. The van der Waals surface area contributed by atoms with E-state index in [2.05, 4.69) is 191 Å². The third-order valence-corrected chi connectivity index (χ3v) is 29.2. The van der Waals surface area contributed by atoms with Gasteiger partial charge in [-0.15, -0.1) is 0 Å². The summed E-state index contributed by atoms with van der Waals surface area (Å²) in [7, 11) is -1.50. The first-order valence-corrected chi connectivity index (χ1v) is 48.7. The van der Waals surface area contributed by atoms with Crippen LogP contribution in [-0.4, -0.2) is 128 Å². The van der Waals surface area contributed by atoms with Crippen LogP contribution in [0.2, 0.25) is 0 Å². The molecule has 0 bridgehead atoms. The normalized spacial score (nSPS) is 15.0. The van der Waals surface area contributed by atoms with Crippen molar-refractivity contribution in [3.8, 4) is 89.1 Å². The summed E-state index contributed by atoms with van der Waals surface area (Å²) in [6.07, 6.45) is 5.25. The van der Waals surface area contributed by atoms with E-state index in [-0.39, 0.29) is 29.4 Å². The van der Waals surface area contributed by atoms with Crippen molar-refractivity contribution in [1.82, 2.24) is 90.4 Å². The van der Waals surface area contributed by atoms with Gasteiger partial charge in [0.2, 0.25) is 21.9 Å². The number of allylic oxidation sites excluding steroid dienone is 1. The maximum Gasteiger partial charge on any atom is 0.259 e. The van der Waals surface area contributed by atoms with Crippen LogP contribution in [0, 0.1) is 111 Å². The zero-order chi connectivity index (χ0) is 99.2. The summed E-state index contributed by atoms with van der Waals surface area (Å²) in [5.41, 5.74) is 40.6. The van der Waals surface area contributed by atoms with Crippen LogP contribution in [0.4, 0.5) is 20.4 Å². The van der Waals surface area contributed by atoms with Crippen molar-refractivity contribution < 1.29 is 44.6 Å². The molecule has 2 aliphatic carbocycles. The minimum absolute atomic E-state index is 0.0202. The van der Waals surface area contributed by atoms with Crippen LogP contribution < -0.4 is 10.0 Å². The average molecular weight is 1920 g/mol. The summed E-state index contributed by atoms with van der Waals surface area (Å²) in [5.74, 6) is 3.53. The van der Waals surface area contributed by atoms with E-state index < -0.39 is 21.9 Å². The van der Waals surface area contributed by atoms with E-state index in [4.69, 9.17) is 37.6 Å². The maximum absolute atomic E-state index is 13.6. The number of imidazole rings is 5. The molecule has 12 aromatic heterocycles. The van der Waals surface area contributed by atoms with Crippen molar-refractivity contribution >= 4 is 116 Å². The number of aromatic amines is 5. The largest absolute Gasteiger partial charge is 0.361 e. The molecule has 0 radical (unpaired) electrons. The van der Waals surface area contributed by atoms with Gasteiger partial charge in [-0.2, -0.15) is 5.10 Å². The summed E-state index contributed by atoms with van der Waals surface area (Å²) >= 11 is 0. The fourth-order valence-corrected chi connectivity index (χ4v) is 21.9. The van der Waals surface area contributed by atoms with Crippen molar-refractivity contribution in [2.45, 2.75) is 173 Å². The van der Waals surface area contributed by atoms with E-state index in [1.54, 1.807) is 6.20 Å². The van der Waals surface area contributed by atoms with Gasteiger partial charge in [-0.1, -0.05) is 92.5 Å². The molecule has 4 aliphatic rings. The Labute approximate surface area is 814 Å². The number of H-pyrrole nitrogens is 5. The molecule has 0 spiro atoms. The molecule has 32 heteroatoms. The smallest absolute Gasteiger partial charge is 0.259 e. The molecule has 716 valence electrons. The highest BCUT2D eigenvalue weighted by molar-refractivity contribution is 7.93. The Kier molecular flexibility index (Phi) is 23.1. The highest BCUT2D eigenvalue weighted by Gasteiger charge is 2.59. The van der Waals surface area contributed by atoms with Gasteiger partial charge in [-0.25, -0.2) is 42.1 Å². The number of amides is 1. The van der Waals surface area contributed by atoms with Gasteiger partial charge < -0.3 is 52.9 Å². The molecule has 1 amide bonds. The number of anilines is 2. The van der Waals surface area contributed by atoms with Crippen LogP contribution >= 0.6 is 0 Å². The lowest BCUT2D eigenvalue weighted by Crippen LogP contribution is -2.23. The van der Waals surface area contributed by atoms with Gasteiger partial charge in [0.05, 0.1) is 119 Å². The van der Waals surface area contributed by atoms with Gasteiger partial charge in [0.15, 0.2) is 0 Å². The van der Waals surface area contributed by atoms with Gasteiger partial charge in [0.25, 0.3) is 5.92 Å². The SMILES string of the molecule is CC1=NCC(C)=C1c1cc(-c2c(C)noc2C)cc2[nH]c(C3CC3(F)F)nc12.Cc1ccc2ncccc2c1-c1cc(-c2c(C)noc2C)cc2[nH]c(NS(=O)(=O)C3CC3)nc12.Cc1nc2c(-c3c(C)ccc4ccccc34)cc(-c3c(C)noc3C)cc2[nH]1.Cc1nc2c(-c3c(C)cnn3C)cc(-c3c(C)noc3C)cc2[nH]1.Cc1nc2c(C3CC(=O)Nc4ccccc43)cc(-c3c(C)noc3C)cc2[nH]1. The van der Waals surface area contributed by atoms with Crippen LogP contribution in [0.5, 0.6) is 0 Å². The van der Waals surface area contributed by atoms with E-state index >= 15 is 0 Å². The number of alkyl halides is 2. The molecular weight excluding hydrogens is 1810 g/mol. The number of benzene rings is 9. The molecule has 25 rings (SSSR count). The lowest BCUT2D eigenvalue weighted by molar-refractivity contribution is -0.116. The number of nitrogens with zero attached hydrogens (tertiary/aromatic N) is 14. The zero-order valence-electron chi connectivity index (χ0n) is 82.0. The molecule has 21 aromatic rings. The van der Waals surface area contributed by atoms with Crippen LogP contribution in [-0.2, 0) is 21.9 Å². The summed E-state index contributed by atoms with van der Waals surface area (Å²) in [4.78, 5) is 61.4. The second kappa shape index (κ2) is 35.6. The van der Waals surface area contributed by atoms with Gasteiger partial charge >= 0.3 is 0 Å². The molecule has 14 heterocycles. The number of hydrogen-bond acceptors (Lipinski definition) is 21. The Morgan fingerprint density at radius 2 is 0.901 bits per heavy atom. The number of sulfonamides is 1. The van der Waals surface area contributed by atoms with Crippen molar-refractivity contribution in [1.29, 1.82) is 0 Å². The second-order valence-corrected chi connectivity index (χ2v) is 39.7. The molecule has 2 atom stereocenters. The van der Waals surface area contributed by atoms with Gasteiger partial charge in [-0.05, 0) is 299 Å². The predicted octanol–water partition coefficient (Wildman–Crippen LogP) is 25.2. The number of carbonyl (C=O) groups excluding carboxylic acids is 1. The highest BCUT2D eigenvalue weighted by atomic mass is 32.2. The number of aliphatic imine (C=N–C) groups is 1. The van der Waals surface area contributed by atoms with Crippen LogP contribution in [0.15, 0.2) is 191 Å². The molecule has 29 nitrogen and oxygen atoms in total. The van der Waals surface area contributed by atoms with Gasteiger partial charge in [0.1, 0.15) is 52.1 Å². The van der Waals surface area contributed by atoms with Crippen molar-refractivity contribution in [3.63, 3.8) is 0 Å². The first-order chi connectivity index (χ1) is 68.1. The molecule has 0 saturated heterocycles. The van der Waals surface area contributed by atoms with Crippen LogP contribution in [0.3, 0.4) is 0 Å². The van der Waals surface area contributed by atoms with E-state index in [1.165, 1.54) is 21.9 Å². The fraction of sp³-hybridized carbons (Fsp3) is 0.255. The number of halogens is 2. The van der Waals surface area contributed by atoms with E-state index in [9.17, 15) is 22.0 Å². The first-order valence-electron chi connectivity index (χ1n) is 47.1. The van der Waals surface area contributed by atoms with E-state index in [1.807, 2.05) is 182 Å². The third kappa shape index (κ3) is 16.8. The van der Waals surface area contributed by atoms with Crippen molar-refractivity contribution in [2.24, 2.45) is 12.0 Å². The number of rotatable bonds is 14. The Morgan fingerprint density at radius 3 is 1.41 bits per heavy atom. The van der Waals surface area contributed by atoms with Crippen molar-refractivity contribution in [3.05, 3.63) is 278 Å². The Morgan fingerprint density at radius 1 is 0.451 bits per heavy atom. The quantitative estimate of drug-likeness (QED) is 0.0531. The number of aryl methyl sites for hydroxylation is 17. The molecule has 2 aliphatic heterocycles. The summed E-state index contributed by atoms with van der Waals surface area (Å²) in [5, 5.41) is 31.0. The molecule has 2 unspecified atom stereocenters. The molecule has 142 heavy (non-hydrogen) atoms. The van der Waals surface area contributed by atoms with E-state index in [0.717, 1.165) is 258 Å². The Bertz CT molecular complexity index is 8800. The molecule has 7 N–H and O–H groups in total. The van der Waals surface area contributed by atoms with E-state index in [0.29, 0.717) is 48.4 Å². The standard InChI is InChI=1S/C25H23N5O3S.C24H21N3O.C22H20N4O2.C21H20F2N4O.C18H19N5O/c1-13-6-9-20-18(5-4-10-26-20)22(13)19-11-16(23-14(2)29-33-15(23)3)12-21-24(19)28-25(27-21)30-34(31,32)17-7-8-17;1-13-9-10-17-7-5-6-8-19(17)22(13)20-11-18(23-14(2)27-28-15(23)3)12-21-24(20)26-16(4)25-21;1-11-21(12(2)28-26-11)14-8-17(22-19(9-14)23-13(3)24-22)16-10-20(27)25-18-7-5-4-6-15(16)18;1-9-8-24-10(2)17(9)14-5-13(18-11(3)27-28-12(18)4)6-16-19(14)26-20(25-16)15-7-21(15,22)23;1-9-8-19-23(5)18(9)14-6-13(16-10(2)22-24-11(16)3)7-15-17(14)21-12(4)20-15/h4-6,9-12,17H,7-8H2,1-3H3,(H2,27,28,30);5-12H,1-4H3,(H,25,26);4-9,16H,10H2,1-3H3,(H,23,24)(H,25,27);5-6,15H,7-8H2,1-4H3,(H,25,26);6-8H,1-5H3,(H,20,21). The zero-order valence-corrected chi connectivity index (χ0v) is 82.8. The molecule has 2 saturated carbocycles. The summed E-state index contributed by atoms with van der Waals surface area (Å²) in [6, 6.07) is 49.7. The van der Waals surface area contributed by atoms with Crippen LogP contribution in [0.25, 0.3) is 172 Å². The Hall–Kier alpha value is -16.3. The number of pyridine rings is 1. The molecule has 2 fully saturated rings. The lowest BCUT2D eigenvalue weighted by atomic mass is 9.83. The summed E-state index contributed by atoms with van der Waals surface area (Å²) in [6.45, 7) is 36.1. The maximum atomic E-state index is 13.6. The minimum atomic E-state index is -3.45. The number of fused-ring (bicyclic) bond motifs is 8. The van der Waals surface area contributed by atoms with Crippen LogP contribution in [0.1, 0.15) is 165 Å². The predicted molar refractivity (Wildman–Crippen MR) is 550 cm³/mol. The third-order valence-electron chi connectivity index (χ3n) is 27.3. The number of carbonyl (C=O) groups is 1. The number of nitrogens with one attached hydrogen (secondary N) is 7. The average Bonchev–Trinajstić information content (AvgIpc) is 1.49. The second-order valence-electron chi connectivity index (χ2n) is 37.7. The van der Waals surface area contributed by atoms with Gasteiger partial charge in [0, 0.05) is 104 Å². The number of aromatic nitrogens is 18. The molecule has 9 aromatic carbocycles. The fourth-order valence-electron chi connectivity index (χ4n) is 20.6. The van der Waals surface area contributed by atoms with Crippen molar-refractivity contribution in [2.75, 3.05) is 16.6 Å². The lowest BCUT2D eigenvalue weighted by Gasteiger charge is -2.26. The van der Waals surface area contributed by atoms with Gasteiger partial charge in [-0.3, -0.25) is 24.2 Å².